The zero-order valence-corrected chi connectivity index (χ0v) is 14.5. The van der Waals surface area contributed by atoms with Crippen molar-refractivity contribution in [2.45, 2.75) is 34.1 Å². The monoisotopic (exact) mass is 355 g/mol. The Hall–Kier alpha value is -1.36. The third-order valence-electron chi connectivity index (χ3n) is 3.15. The number of carbonyl (C=O) groups is 2. The second kappa shape index (κ2) is 7.07. The predicted octanol–water partition coefficient (Wildman–Crippen LogP) is 3.62. The van der Waals surface area contributed by atoms with Gasteiger partial charge in [-0.3, -0.25) is 9.59 Å². The zero-order valence-electron chi connectivity index (χ0n) is 12.9. The number of aryl methyl sites for hydroxylation is 1. The van der Waals surface area contributed by atoms with Gasteiger partial charge in [0.15, 0.2) is 0 Å². The van der Waals surface area contributed by atoms with E-state index < -0.39 is 11.9 Å². The Bertz CT molecular complexity index is 535. The molecule has 2 N–H and O–H groups in total. The number of benzene rings is 1. The number of hydrogen-bond acceptors (Lipinski definition) is 2. The number of nitrogens with one attached hydrogen (secondary N) is 1. The van der Waals surface area contributed by atoms with E-state index in [-0.39, 0.29) is 17.9 Å². The van der Waals surface area contributed by atoms with E-state index in [2.05, 4.69) is 21.2 Å². The van der Waals surface area contributed by atoms with Crippen molar-refractivity contribution >= 4 is 27.8 Å². The Morgan fingerprint density at radius 3 is 2.43 bits per heavy atom. The molecule has 0 radical (unpaired) electrons. The van der Waals surface area contributed by atoms with Crippen LogP contribution in [0.1, 0.15) is 43.1 Å². The van der Waals surface area contributed by atoms with Crippen molar-refractivity contribution < 1.29 is 14.7 Å². The van der Waals surface area contributed by atoms with Gasteiger partial charge in [0.05, 0.1) is 5.92 Å². The molecule has 0 fully saturated rings. The summed E-state index contributed by atoms with van der Waals surface area (Å²) >= 11 is 3.35. The highest BCUT2D eigenvalue weighted by Crippen LogP contribution is 2.24. The molecule has 21 heavy (non-hydrogen) atoms. The summed E-state index contributed by atoms with van der Waals surface area (Å²) in [5.74, 6) is -1.69. The van der Waals surface area contributed by atoms with Crippen molar-refractivity contribution in [3.8, 4) is 0 Å². The molecule has 0 aliphatic heterocycles. The SMILES string of the molecule is Cc1cc(Br)ccc1C(=O)NCC(CC(C)(C)C)C(=O)O. The van der Waals surface area contributed by atoms with Gasteiger partial charge < -0.3 is 10.4 Å². The number of hydrogen-bond donors (Lipinski definition) is 2. The van der Waals surface area contributed by atoms with E-state index in [9.17, 15) is 14.7 Å². The second-order valence-electron chi connectivity index (χ2n) is 6.47. The first-order valence-corrected chi connectivity index (χ1v) is 7.66. The molecule has 1 amide bonds. The quantitative estimate of drug-likeness (QED) is 0.847. The predicted molar refractivity (Wildman–Crippen MR) is 86.4 cm³/mol. The highest BCUT2D eigenvalue weighted by molar-refractivity contribution is 9.10. The summed E-state index contributed by atoms with van der Waals surface area (Å²) in [6.45, 7) is 7.96. The Morgan fingerprint density at radius 1 is 1.33 bits per heavy atom. The van der Waals surface area contributed by atoms with Gasteiger partial charge in [-0.05, 0) is 42.5 Å². The summed E-state index contributed by atoms with van der Waals surface area (Å²) < 4.78 is 0.910. The molecule has 4 nitrogen and oxygen atoms in total. The van der Waals surface area contributed by atoms with Crippen LogP contribution >= 0.6 is 15.9 Å². The van der Waals surface area contributed by atoms with Gasteiger partial charge in [0.2, 0.25) is 0 Å². The molecule has 0 saturated heterocycles. The van der Waals surface area contributed by atoms with Crippen LogP contribution < -0.4 is 5.32 Å². The van der Waals surface area contributed by atoms with Crippen LogP contribution in [0.4, 0.5) is 0 Å². The van der Waals surface area contributed by atoms with Crippen LogP contribution in [-0.2, 0) is 4.79 Å². The summed E-state index contributed by atoms with van der Waals surface area (Å²) in [4.78, 5) is 23.4. The summed E-state index contributed by atoms with van der Waals surface area (Å²) in [6, 6.07) is 5.39. The fraction of sp³-hybridized carbons (Fsp3) is 0.500. The lowest BCUT2D eigenvalue weighted by atomic mass is 9.84. The average molecular weight is 356 g/mol. The maximum absolute atomic E-state index is 12.2. The molecule has 0 aromatic heterocycles. The van der Waals surface area contributed by atoms with Crippen molar-refractivity contribution in [2.75, 3.05) is 6.54 Å². The van der Waals surface area contributed by atoms with E-state index in [1.807, 2.05) is 33.8 Å². The molecule has 1 unspecified atom stereocenters. The van der Waals surface area contributed by atoms with Crippen molar-refractivity contribution in [1.29, 1.82) is 0 Å². The minimum absolute atomic E-state index is 0.0959. The normalized spacial score (nSPS) is 12.8. The molecule has 1 rings (SSSR count). The Kier molecular flexibility index (Phi) is 5.96. The van der Waals surface area contributed by atoms with Gasteiger partial charge >= 0.3 is 5.97 Å². The van der Waals surface area contributed by atoms with Crippen LogP contribution in [0.15, 0.2) is 22.7 Å². The third-order valence-corrected chi connectivity index (χ3v) is 3.64. The summed E-state index contributed by atoms with van der Waals surface area (Å²) in [7, 11) is 0. The van der Waals surface area contributed by atoms with Crippen LogP contribution in [0.5, 0.6) is 0 Å². The fourth-order valence-corrected chi connectivity index (χ4v) is 2.65. The highest BCUT2D eigenvalue weighted by atomic mass is 79.9. The second-order valence-corrected chi connectivity index (χ2v) is 7.38. The largest absolute Gasteiger partial charge is 0.481 e. The van der Waals surface area contributed by atoms with E-state index in [0.717, 1.165) is 10.0 Å². The molecule has 5 heteroatoms. The van der Waals surface area contributed by atoms with E-state index in [4.69, 9.17) is 0 Å². The Morgan fingerprint density at radius 2 is 1.95 bits per heavy atom. The van der Waals surface area contributed by atoms with Gasteiger partial charge in [-0.1, -0.05) is 36.7 Å². The number of halogens is 1. The molecule has 1 aromatic carbocycles. The third kappa shape index (κ3) is 5.87. The van der Waals surface area contributed by atoms with E-state index in [1.165, 1.54) is 0 Å². The smallest absolute Gasteiger partial charge is 0.308 e. The molecule has 0 spiro atoms. The standard InChI is InChI=1S/C16H22BrNO3/c1-10-7-12(17)5-6-13(10)14(19)18-9-11(15(20)21)8-16(2,3)4/h5-7,11H,8-9H2,1-4H3,(H,18,19)(H,20,21). The maximum atomic E-state index is 12.2. The van der Waals surface area contributed by atoms with Gasteiger partial charge in [-0.15, -0.1) is 0 Å². The lowest BCUT2D eigenvalue weighted by molar-refractivity contribution is -0.142. The molecule has 1 atom stereocenters. The molecular formula is C16H22BrNO3. The van der Waals surface area contributed by atoms with Crippen LogP contribution in [0.2, 0.25) is 0 Å². The van der Waals surface area contributed by atoms with E-state index >= 15 is 0 Å². The number of amides is 1. The van der Waals surface area contributed by atoms with Gasteiger partial charge in [0, 0.05) is 16.6 Å². The molecule has 0 heterocycles. The topological polar surface area (TPSA) is 66.4 Å². The first-order valence-electron chi connectivity index (χ1n) is 6.87. The van der Waals surface area contributed by atoms with Crippen LogP contribution in [-0.4, -0.2) is 23.5 Å². The molecule has 0 saturated carbocycles. The van der Waals surface area contributed by atoms with Crippen LogP contribution in [0, 0.1) is 18.3 Å². The molecule has 0 bridgehead atoms. The Labute approximate surface area is 134 Å². The molecular weight excluding hydrogens is 334 g/mol. The molecule has 0 aliphatic carbocycles. The highest BCUT2D eigenvalue weighted by Gasteiger charge is 2.25. The van der Waals surface area contributed by atoms with E-state index in [1.54, 1.807) is 12.1 Å². The van der Waals surface area contributed by atoms with Crippen molar-refractivity contribution in [3.05, 3.63) is 33.8 Å². The molecule has 0 aliphatic rings. The number of carboxylic acid groups (broad SMARTS) is 1. The number of rotatable bonds is 5. The van der Waals surface area contributed by atoms with Crippen molar-refractivity contribution in [2.24, 2.45) is 11.3 Å². The zero-order chi connectivity index (χ0) is 16.2. The van der Waals surface area contributed by atoms with Crippen LogP contribution in [0.3, 0.4) is 0 Å². The average Bonchev–Trinajstić information content (AvgIpc) is 2.32. The fourth-order valence-electron chi connectivity index (χ4n) is 2.18. The minimum atomic E-state index is -0.877. The molecule has 116 valence electrons. The lowest BCUT2D eigenvalue weighted by Crippen LogP contribution is -2.35. The number of carbonyl (C=O) groups excluding carboxylic acids is 1. The summed E-state index contributed by atoms with van der Waals surface area (Å²) in [5.41, 5.74) is 1.32. The maximum Gasteiger partial charge on any atom is 0.308 e. The van der Waals surface area contributed by atoms with Gasteiger partial charge in [-0.25, -0.2) is 0 Å². The van der Waals surface area contributed by atoms with Crippen molar-refractivity contribution in [1.82, 2.24) is 5.32 Å². The van der Waals surface area contributed by atoms with Gasteiger partial charge in [-0.2, -0.15) is 0 Å². The van der Waals surface area contributed by atoms with Gasteiger partial charge in [0.25, 0.3) is 5.91 Å². The van der Waals surface area contributed by atoms with Crippen LogP contribution in [0.25, 0.3) is 0 Å². The summed E-state index contributed by atoms with van der Waals surface area (Å²) in [6.07, 6.45) is 0.516. The number of carboxylic acids is 1. The van der Waals surface area contributed by atoms with Crippen molar-refractivity contribution in [3.63, 3.8) is 0 Å². The first-order chi connectivity index (χ1) is 9.60. The van der Waals surface area contributed by atoms with Gasteiger partial charge in [0.1, 0.15) is 0 Å². The molecule has 1 aromatic rings. The summed E-state index contributed by atoms with van der Waals surface area (Å²) in [5, 5.41) is 12.0. The first kappa shape index (κ1) is 17.7. The van der Waals surface area contributed by atoms with E-state index in [0.29, 0.717) is 12.0 Å². The minimum Gasteiger partial charge on any atom is -0.481 e. The lowest BCUT2D eigenvalue weighted by Gasteiger charge is -2.23. The Balaban J connectivity index is 2.71. The number of aliphatic carboxylic acids is 1.